The first-order chi connectivity index (χ1) is 18.9. The molecule has 0 unspecified atom stereocenters. The van der Waals surface area contributed by atoms with Crippen LogP contribution in [0.5, 0.6) is 0 Å². The van der Waals surface area contributed by atoms with Crippen LogP contribution in [0.25, 0.3) is 33.2 Å². The van der Waals surface area contributed by atoms with Gasteiger partial charge in [0.25, 0.3) is 0 Å². The number of carboxylic acid groups (broad SMARTS) is 1. The molecule has 1 fully saturated rings. The highest BCUT2D eigenvalue weighted by atomic mass is 32.2. The van der Waals surface area contributed by atoms with E-state index in [1.54, 1.807) is 24.3 Å². The molecular weight excluding hydrogens is 510 g/mol. The number of rotatable bonds is 7. The SMILES string of the molecule is O=C(O)[C@@H]1CCCN1S(=O)(=O)c1ccc(-c2ccc(-c3c(Cc4ccccc4)oc4ccccc34)cc2)cc1. The fraction of sp³-hybridized carbons (Fsp3) is 0.156. The van der Waals surface area contributed by atoms with Crippen LogP contribution >= 0.6 is 0 Å². The Hall–Kier alpha value is -4.20. The molecule has 1 aliphatic rings. The van der Waals surface area contributed by atoms with Crippen molar-refractivity contribution in [3.63, 3.8) is 0 Å². The number of carboxylic acids is 1. The fourth-order valence-electron chi connectivity index (χ4n) is 5.38. The van der Waals surface area contributed by atoms with Crippen LogP contribution in [0.1, 0.15) is 24.2 Å². The van der Waals surface area contributed by atoms with Gasteiger partial charge in [-0.25, -0.2) is 8.42 Å². The minimum Gasteiger partial charge on any atom is -0.480 e. The maximum absolute atomic E-state index is 13.1. The number of fused-ring (bicyclic) bond motifs is 1. The van der Waals surface area contributed by atoms with Gasteiger partial charge in [0.1, 0.15) is 17.4 Å². The van der Waals surface area contributed by atoms with Gasteiger partial charge >= 0.3 is 5.97 Å². The zero-order valence-electron chi connectivity index (χ0n) is 21.2. The van der Waals surface area contributed by atoms with Crippen molar-refractivity contribution in [2.24, 2.45) is 0 Å². The van der Waals surface area contributed by atoms with Crippen LogP contribution in [-0.4, -0.2) is 36.4 Å². The van der Waals surface area contributed by atoms with Crippen molar-refractivity contribution in [3.05, 3.63) is 114 Å². The molecule has 196 valence electrons. The molecule has 1 atom stereocenters. The largest absolute Gasteiger partial charge is 0.480 e. The lowest BCUT2D eigenvalue weighted by atomic mass is 9.96. The number of furan rings is 1. The fourth-order valence-corrected chi connectivity index (χ4v) is 7.03. The number of para-hydroxylation sites is 1. The van der Waals surface area contributed by atoms with Crippen LogP contribution in [0.3, 0.4) is 0 Å². The van der Waals surface area contributed by atoms with Gasteiger partial charge in [-0.3, -0.25) is 4.79 Å². The summed E-state index contributed by atoms with van der Waals surface area (Å²) in [5, 5.41) is 10.5. The lowest BCUT2D eigenvalue weighted by molar-refractivity contribution is -0.140. The number of hydrogen-bond donors (Lipinski definition) is 1. The number of aliphatic carboxylic acids is 1. The molecule has 0 aliphatic carbocycles. The summed E-state index contributed by atoms with van der Waals surface area (Å²) in [6, 6.07) is 32.1. The Morgan fingerprint density at radius 3 is 2.13 bits per heavy atom. The predicted octanol–water partition coefficient (Wildman–Crippen LogP) is 6.60. The third kappa shape index (κ3) is 4.75. The highest BCUT2D eigenvalue weighted by molar-refractivity contribution is 7.89. The molecule has 5 aromatic rings. The van der Waals surface area contributed by atoms with E-state index in [0.717, 1.165) is 43.3 Å². The van der Waals surface area contributed by atoms with Crippen molar-refractivity contribution in [2.75, 3.05) is 6.54 Å². The standard InChI is InChI=1S/C32H27NO5S/c34-32(35)28-10-6-20-33(28)39(36,37)26-18-16-24(17-19-26)23-12-14-25(15-13-23)31-27-9-4-5-11-29(27)38-30(31)21-22-7-2-1-3-8-22/h1-5,7-9,11-19,28H,6,10,20-21H2,(H,34,35)/t28-/m0/s1. The molecule has 39 heavy (non-hydrogen) atoms. The smallest absolute Gasteiger partial charge is 0.322 e. The molecule has 2 heterocycles. The lowest BCUT2D eigenvalue weighted by Crippen LogP contribution is -2.40. The van der Waals surface area contributed by atoms with Crippen molar-refractivity contribution in [2.45, 2.75) is 30.2 Å². The second kappa shape index (κ2) is 10.2. The van der Waals surface area contributed by atoms with E-state index in [9.17, 15) is 18.3 Å². The molecule has 0 radical (unpaired) electrons. The highest BCUT2D eigenvalue weighted by Crippen LogP contribution is 2.37. The monoisotopic (exact) mass is 537 g/mol. The minimum absolute atomic E-state index is 0.103. The molecule has 0 amide bonds. The third-order valence-electron chi connectivity index (χ3n) is 7.33. The number of nitrogens with zero attached hydrogens (tertiary/aromatic N) is 1. The average molecular weight is 538 g/mol. The zero-order valence-corrected chi connectivity index (χ0v) is 22.0. The Bertz CT molecular complexity index is 1740. The Morgan fingerprint density at radius 1 is 0.821 bits per heavy atom. The van der Waals surface area contributed by atoms with Gasteiger partial charge < -0.3 is 9.52 Å². The van der Waals surface area contributed by atoms with Gasteiger partial charge in [-0.1, -0.05) is 84.9 Å². The molecule has 4 aromatic carbocycles. The lowest BCUT2D eigenvalue weighted by Gasteiger charge is -2.21. The average Bonchev–Trinajstić information content (AvgIpc) is 3.60. The van der Waals surface area contributed by atoms with Crippen molar-refractivity contribution < 1.29 is 22.7 Å². The Balaban J connectivity index is 1.29. The van der Waals surface area contributed by atoms with E-state index in [-0.39, 0.29) is 11.4 Å². The normalized spacial score (nSPS) is 16.1. The van der Waals surface area contributed by atoms with E-state index >= 15 is 0 Å². The van der Waals surface area contributed by atoms with Gasteiger partial charge in [-0.15, -0.1) is 0 Å². The summed E-state index contributed by atoms with van der Waals surface area (Å²) >= 11 is 0. The quantitative estimate of drug-likeness (QED) is 0.253. The summed E-state index contributed by atoms with van der Waals surface area (Å²) < 4.78 is 33.6. The van der Waals surface area contributed by atoms with Crippen LogP contribution in [0.15, 0.2) is 112 Å². The number of benzene rings is 4. The van der Waals surface area contributed by atoms with Gasteiger partial charge in [0.05, 0.1) is 4.90 Å². The first kappa shape index (κ1) is 25.1. The summed E-state index contributed by atoms with van der Waals surface area (Å²) in [6.07, 6.45) is 1.56. The second-order valence-corrected chi connectivity index (χ2v) is 11.7. The topological polar surface area (TPSA) is 87.8 Å². The van der Waals surface area contributed by atoms with Crippen LogP contribution in [-0.2, 0) is 21.2 Å². The van der Waals surface area contributed by atoms with Gasteiger partial charge in [-0.2, -0.15) is 4.31 Å². The first-order valence-corrected chi connectivity index (χ1v) is 14.4. The Labute approximate surface area is 227 Å². The molecule has 7 heteroatoms. The summed E-state index contributed by atoms with van der Waals surface area (Å²) in [7, 11) is -3.88. The minimum atomic E-state index is -3.88. The van der Waals surface area contributed by atoms with E-state index in [2.05, 4.69) is 30.3 Å². The molecule has 1 aromatic heterocycles. The van der Waals surface area contributed by atoms with Crippen molar-refractivity contribution in [1.29, 1.82) is 0 Å². The van der Waals surface area contributed by atoms with E-state index in [1.165, 1.54) is 5.56 Å². The summed E-state index contributed by atoms with van der Waals surface area (Å²) in [6.45, 7) is 0.220. The van der Waals surface area contributed by atoms with Crippen LogP contribution < -0.4 is 0 Å². The predicted molar refractivity (Wildman–Crippen MR) is 151 cm³/mol. The van der Waals surface area contributed by atoms with Gasteiger partial charge in [0, 0.05) is 23.9 Å². The molecule has 1 aliphatic heterocycles. The van der Waals surface area contributed by atoms with E-state index < -0.39 is 22.0 Å². The summed E-state index contributed by atoms with van der Waals surface area (Å²) in [4.78, 5) is 11.6. The van der Waals surface area contributed by atoms with Crippen molar-refractivity contribution in [3.8, 4) is 22.3 Å². The number of sulfonamides is 1. The number of hydrogen-bond acceptors (Lipinski definition) is 4. The zero-order chi connectivity index (χ0) is 27.0. The molecule has 0 saturated carbocycles. The van der Waals surface area contributed by atoms with Gasteiger partial charge in [0.2, 0.25) is 10.0 Å². The second-order valence-electron chi connectivity index (χ2n) is 9.77. The Kier molecular flexibility index (Phi) is 6.54. The van der Waals surface area contributed by atoms with E-state index in [0.29, 0.717) is 19.3 Å². The van der Waals surface area contributed by atoms with E-state index in [4.69, 9.17) is 4.42 Å². The molecule has 1 N–H and O–H groups in total. The number of carbonyl (C=O) groups is 1. The maximum Gasteiger partial charge on any atom is 0.322 e. The molecule has 6 nitrogen and oxygen atoms in total. The van der Waals surface area contributed by atoms with Gasteiger partial charge in [0.15, 0.2) is 0 Å². The van der Waals surface area contributed by atoms with Crippen LogP contribution in [0, 0.1) is 0 Å². The maximum atomic E-state index is 13.1. The molecule has 0 bridgehead atoms. The molecule has 6 rings (SSSR count). The highest BCUT2D eigenvalue weighted by Gasteiger charge is 2.39. The van der Waals surface area contributed by atoms with Crippen molar-refractivity contribution >= 4 is 27.0 Å². The van der Waals surface area contributed by atoms with E-state index in [1.807, 2.05) is 48.5 Å². The third-order valence-corrected chi connectivity index (χ3v) is 9.25. The van der Waals surface area contributed by atoms with Crippen LogP contribution in [0.4, 0.5) is 0 Å². The Morgan fingerprint density at radius 2 is 1.44 bits per heavy atom. The van der Waals surface area contributed by atoms with Gasteiger partial charge in [-0.05, 0) is 53.3 Å². The molecule has 0 spiro atoms. The summed E-state index contributed by atoms with van der Waals surface area (Å²) in [5.41, 5.74) is 5.96. The molecule has 1 saturated heterocycles. The molecular formula is C32H27NO5S. The van der Waals surface area contributed by atoms with Crippen molar-refractivity contribution in [1.82, 2.24) is 4.31 Å². The summed E-state index contributed by atoms with van der Waals surface area (Å²) in [5.74, 6) is -0.198. The van der Waals surface area contributed by atoms with Crippen LogP contribution in [0.2, 0.25) is 0 Å². The first-order valence-electron chi connectivity index (χ1n) is 12.9.